The average Bonchev–Trinajstić information content (AvgIpc) is 2.79. The van der Waals surface area contributed by atoms with Crippen LogP contribution in [0.2, 0.25) is 0 Å². The summed E-state index contributed by atoms with van der Waals surface area (Å²) in [6.45, 7) is 5.03. The molecule has 35 heavy (non-hydrogen) atoms. The number of rotatable bonds is 17. The number of guanidine groups is 1. The monoisotopic (exact) mass is 519 g/mol. The Morgan fingerprint density at radius 2 is 1.57 bits per heavy atom. The molecular weight excluding hydrogens is 478 g/mol. The summed E-state index contributed by atoms with van der Waals surface area (Å²) in [6, 6.07) is -4.49. The number of thioether (sulfide) groups is 1. The second-order valence-electron chi connectivity index (χ2n) is 8.33. The molecule has 0 aromatic carbocycles. The fourth-order valence-electron chi connectivity index (χ4n) is 3.01. The Kier molecular flexibility index (Phi) is 15.7. The van der Waals surface area contributed by atoms with Gasteiger partial charge >= 0.3 is 5.97 Å². The lowest BCUT2D eigenvalue weighted by molar-refractivity contribution is -0.145. The summed E-state index contributed by atoms with van der Waals surface area (Å²) < 4.78 is 0. The van der Waals surface area contributed by atoms with Gasteiger partial charge in [0, 0.05) is 6.54 Å². The summed E-state index contributed by atoms with van der Waals surface area (Å²) >= 11 is 1.55. The first kappa shape index (κ1) is 32.4. The normalized spacial score (nSPS) is 16.1. The Morgan fingerprint density at radius 1 is 0.971 bits per heavy atom. The Hall–Kier alpha value is -2.58. The smallest absolute Gasteiger partial charge is 0.328 e. The Bertz CT molecular complexity index is 733. The van der Waals surface area contributed by atoms with Crippen LogP contribution in [-0.4, -0.2) is 88.7 Å². The Balaban J connectivity index is 5.62. The third-order valence-corrected chi connectivity index (χ3v) is 6.03. The van der Waals surface area contributed by atoms with Crippen LogP contribution >= 0.6 is 11.8 Å². The summed E-state index contributed by atoms with van der Waals surface area (Å²) in [5, 5.41) is 26.5. The zero-order valence-electron chi connectivity index (χ0n) is 20.8. The average molecular weight is 520 g/mol. The molecule has 11 N–H and O–H groups in total. The molecule has 6 unspecified atom stereocenters. The lowest BCUT2D eigenvalue weighted by atomic mass is 9.97. The first-order valence-corrected chi connectivity index (χ1v) is 12.9. The molecule has 202 valence electrons. The second kappa shape index (κ2) is 16.9. The topological polar surface area (TPSA) is 235 Å². The van der Waals surface area contributed by atoms with Crippen LogP contribution < -0.4 is 33.2 Å². The molecule has 13 nitrogen and oxygen atoms in total. The first-order chi connectivity index (χ1) is 16.3. The summed E-state index contributed by atoms with van der Waals surface area (Å²) in [6.07, 6.45) is 1.89. The number of carbonyl (C=O) groups is 4. The van der Waals surface area contributed by atoms with Gasteiger partial charge in [0.15, 0.2) is 12.0 Å². The van der Waals surface area contributed by atoms with Crippen LogP contribution in [0.4, 0.5) is 0 Å². The highest BCUT2D eigenvalue weighted by Gasteiger charge is 2.33. The number of aliphatic hydroxyl groups excluding tert-OH is 1. The van der Waals surface area contributed by atoms with E-state index in [0.29, 0.717) is 25.0 Å². The predicted molar refractivity (Wildman–Crippen MR) is 135 cm³/mol. The lowest BCUT2D eigenvalue weighted by Gasteiger charge is -2.28. The number of nitrogens with one attached hydrogen (secondary N) is 3. The van der Waals surface area contributed by atoms with Gasteiger partial charge in [0.05, 0.1) is 12.1 Å². The van der Waals surface area contributed by atoms with Gasteiger partial charge in [-0.3, -0.25) is 19.4 Å². The van der Waals surface area contributed by atoms with Gasteiger partial charge in [0.25, 0.3) is 0 Å². The van der Waals surface area contributed by atoms with Gasteiger partial charge in [-0.1, -0.05) is 20.3 Å². The molecule has 0 spiro atoms. The minimum Gasteiger partial charge on any atom is -0.480 e. The van der Waals surface area contributed by atoms with Crippen LogP contribution in [-0.2, 0) is 19.2 Å². The van der Waals surface area contributed by atoms with Crippen LogP contribution in [0.1, 0.15) is 46.5 Å². The molecule has 0 fully saturated rings. The first-order valence-electron chi connectivity index (χ1n) is 11.5. The van der Waals surface area contributed by atoms with Crippen LogP contribution in [0, 0.1) is 5.92 Å². The number of hydrogen-bond donors (Lipinski definition) is 8. The summed E-state index contributed by atoms with van der Waals surface area (Å²) in [4.78, 5) is 53.7. The minimum atomic E-state index is -1.57. The van der Waals surface area contributed by atoms with Gasteiger partial charge in [-0.15, -0.1) is 0 Å². The van der Waals surface area contributed by atoms with Crippen molar-refractivity contribution in [2.45, 2.75) is 76.7 Å². The fourth-order valence-corrected chi connectivity index (χ4v) is 3.50. The zero-order chi connectivity index (χ0) is 27.1. The van der Waals surface area contributed by atoms with Crippen molar-refractivity contribution in [2.24, 2.45) is 28.1 Å². The molecule has 0 aliphatic heterocycles. The summed E-state index contributed by atoms with van der Waals surface area (Å²) in [5.41, 5.74) is 16.5. The number of nitrogens with two attached hydrogens (primary N) is 3. The van der Waals surface area contributed by atoms with Crippen molar-refractivity contribution < 1.29 is 29.4 Å². The highest BCUT2D eigenvalue weighted by Crippen LogP contribution is 2.11. The molecule has 0 saturated carbocycles. The summed E-state index contributed by atoms with van der Waals surface area (Å²) in [7, 11) is 0. The standard InChI is InChI=1S/C21H41N7O6S/c1-5-11(2)15(27-17(30)13(22)8-10-35-4)19(32)26-14(7-6-9-25-21(23)24)18(31)28-16(12(3)29)20(33)34/h11-16,29H,5-10,22H2,1-4H3,(H,26,32)(H,27,30)(H,28,31)(H,33,34)(H4,23,24,25). The number of carboxylic acid groups (broad SMARTS) is 1. The third-order valence-electron chi connectivity index (χ3n) is 5.39. The largest absolute Gasteiger partial charge is 0.480 e. The molecule has 0 aliphatic rings. The van der Waals surface area contributed by atoms with E-state index in [0.717, 1.165) is 0 Å². The number of aliphatic carboxylic acids is 1. The van der Waals surface area contributed by atoms with Gasteiger partial charge < -0.3 is 43.4 Å². The fraction of sp³-hybridized carbons (Fsp3) is 0.762. The van der Waals surface area contributed by atoms with E-state index < -0.39 is 54.0 Å². The highest BCUT2D eigenvalue weighted by atomic mass is 32.2. The maximum absolute atomic E-state index is 13.1. The molecule has 3 amide bonds. The van der Waals surface area contributed by atoms with E-state index in [-0.39, 0.29) is 24.8 Å². The lowest BCUT2D eigenvalue weighted by Crippen LogP contribution is -2.59. The van der Waals surface area contributed by atoms with Crippen molar-refractivity contribution in [3.8, 4) is 0 Å². The number of hydrogen-bond acceptors (Lipinski definition) is 8. The van der Waals surface area contributed by atoms with Gasteiger partial charge in [0.1, 0.15) is 12.1 Å². The Morgan fingerprint density at radius 3 is 2.06 bits per heavy atom. The molecule has 0 saturated heterocycles. The molecule has 14 heteroatoms. The van der Waals surface area contributed by atoms with E-state index in [1.807, 2.05) is 13.2 Å². The quantitative estimate of drug-likeness (QED) is 0.0602. The van der Waals surface area contributed by atoms with E-state index >= 15 is 0 Å². The highest BCUT2D eigenvalue weighted by molar-refractivity contribution is 7.98. The second-order valence-corrected chi connectivity index (χ2v) is 9.32. The van der Waals surface area contributed by atoms with Gasteiger partial charge in [-0.25, -0.2) is 4.79 Å². The van der Waals surface area contributed by atoms with Crippen LogP contribution in [0.3, 0.4) is 0 Å². The van der Waals surface area contributed by atoms with Crippen LogP contribution in [0.5, 0.6) is 0 Å². The molecule has 0 heterocycles. The van der Waals surface area contributed by atoms with Gasteiger partial charge in [0.2, 0.25) is 17.7 Å². The van der Waals surface area contributed by atoms with Crippen molar-refractivity contribution in [1.29, 1.82) is 0 Å². The number of amides is 3. The summed E-state index contributed by atoms with van der Waals surface area (Å²) in [5.74, 6) is -3.05. The molecular formula is C21H41N7O6S. The van der Waals surface area contributed by atoms with Crippen LogP contribution in [0.25, 0.3) is 0 Å². The molecule has 0 rings (SSSR count). The maximum Gasteiger partial charge on any atom is 0.328 e. The van der Waals surface area contributed by atoms with E-state index in [9.17, 15) is 29.4 Å². The molecule has 0 radical (unpaired) electrons. The molecule has 0 aromatic heterocycles. The van der Waals surface area contributed by atoms with E-state index in [1.165, 1.54) is 6.92 Å². The number of nitrogens with zero attached hydrogens (tertiary/aromatic N) is 1. The van der Waals surface area contributed by atoms with Gasteiger partial charge in [-0.2, -0.15) is 11.8 Å². The SMILES string of the molecule is CCC(C)C(NC(=O)C(N)CCSC)C(=O)NC(CCCN=C(N)N)C(=O)NC(C(=O)O)C(C)O. The number of carbonyl (C=O) groups excluding carboxylic acids is 3. The van der Waals surface area contributed by atoms with Crippen molar-refractivity contribution in [3.05, 3.63) is 0 Å². The van der Waals surface area contributed by atoms with Crippen molar-refractivity contribution in [2.75, 3.05) is 18.6 Å². The van der Waals surface area contributed by atoms with Crippen molar-refractivity contribution >= 4 is 41.4 Å². The van der Waals surface area contributed by atoms with E-state index in [4.69, 9.17) is 17.2 Å². The molecule has 0 aliphatic carbocycles. The van der Waals surface area contributed by atoms with Crippen molar-refractivity contribution in [3.63, 3.8) is 0 Å². The molecule has 0 bridgehead atoms. The molecule has 0 aromatic rings. The zero-order valence-corrected chi connectivity index (χ0v) is 21.6. The number of aliphatic hydroxyl groups is 1. The minimum absolute atomic E-state index is 0.0783. The molecule has 6 atom stereocenters. The Labute approximate surface area is 210 Å². The van der Waals surface area contributed by atoms with E-state index in [2.05, 4.69) is 20.9 Å². The number of aliphatic imine (C=N–C) groups is 1. The van der Waals surface area contributed by atoms with Crippen LogP contribution in [0.15, 0.2) is 4.99 Å². The van der Waals surface area contributed by atoms with Gasteiger partial charge in [-0.05, 0) is 44.1 Å². The van der Waals surface area contributed by atoms with Crippen molar-refractivity contribution in [1.82, 2.24) is 16.0 Å². The van der Waals surface area contributed by atoms with E-state index in [1.54, 1.807) is 18.7 Å². The third kappa shape index (κ3) is 12.6. The number of carboxylic acids is 1. The maximum atomic E-state index is 13.1. The predicted octanol–water partition coefficient (Wildman–Crippen LogP) is -1.91.